The van der Waals surface area contributed by atoms with E-state index < -0.39 is 0 Å². The van der Waals surface area contributed by atoms with Crippen LogP contribution in [-0.2, 0) is 21.5 Å². The molecule has 1 aromatic carbocycles. The van der Waals surface area contributed by atoms with Crippen LogP contribution in [0.5, 0.6) is 0 Å². The Bertz CT molecular complexity index is 1130. The van der Waals surface area contributed by atoms with Crippen molar-refractivity contribution in [3.63, 3.8) is 0 Å². The minimum absolute atomic E-state index is 0.117. The van der Waals surface area contributed by atoms with Gasteiger partial charge in [0.15, 0.2) is 5.82 Å². The molecule has 1 amide bonds. The van der Waals surface area contributed by atoms with Gasteiger partial charge in [0.1, 0.15) is 5.56 Å². The Hall–Kier alpha value is -3.33. The molecular formula is C23H27N5O4. The Morgan fingerprint density at radius 1 is 1.19 bits per heavy atom. The molecule has 9 heteroatoms. The predicted octanol–water partition coefficient (Wildman–Crippen LogP) is 2.16. The van der Waals surface area contributed by atoms with Gasteiger partial charge in [-0.15, -0.1) is 0 Å². The summed E-state index contributed by atoms with van der Waals surface area (Å²) in [7, 11) is 0. The average molecular weight is 438 g/mol. The van der Waals surface area contributed by atoms with Gasteiger partial charge in [-0.25, -0.2) is 4.98 Å². The van der Waals surface area contributed by atoms with E-state index in [-0.39, 0.29) is 41.3 Å². The lowest BCUT2D eigenvalue weighted by molar-refractivity contribution is -0.121. The fraction of sp³-hybridized carbons (Fsp3) is 0.435. The zero-order chi connectivity index (χ0) is 22.6. The molecule has 1 aliphatic rings. The molecule has 3 aromatic rings. The molecule has 32 heavy (non-hydrogen) atoms. The van der Waals surface area contributed by atoms with Crippen molar-refractivity contribution in [2.75, 3.05) is 19.8 Å². The highest BCUT2D eigenvalue weighted by atomic mass is 16.5. The number of hydrogen-bond acceptors (Lipinski definition) is 7. The fourth-order valence-electron chi connectivity index (χ4n) is 3.98. The van der Waals surface area contributed by atoms with Crippen molar-refractivity contribution in [2.24, 2.45) is 0 Å². The second-order valence-corrected chi connectivity index (χ2v) is 8.24. The van der Waals surface area contributed by atoms with Gasteiger partial charge >= 0.3 is 0 Å². The zero-order valence-electron chi connectivity index (χ0n) is 18.3. The van der Waals surface area contributed by atoms with Crippen LogP contribution in [0.3, 0.4) is 0 Å². The van der Waals surface area contributed by atoms with Gasteiger partial charge in [0.25, 0.3) is 11.4 Å². The van der Waals surface area contributed by atoms with E-state index in [0.29, 0.717) is 25.6 Å². The summed E-state index contributed by atoms with van der Waals surface area (Å²) >= 11 is 0. The van der Waals surface area contributed by atoms with Crippen LogP contribution in [-0.4, -0.2) is 45.4 Å². The Morgan fingerprint density at radius 3 is 2.62 bits per heavy atom. The average Bonchev–Trinajstić information content (AvgIpc) is 3.24. The summed E-state index contributed by atoms with van der Waals surface area (Å²) in [6, 6.07) is 8.49. The Kier molecular flexibility index (Phi) is 6.45. The van der Waals surface area contributed by atoms with Crippen molar-refractivity contribution in [1.82, 2.24) is 25.0 Å². The molecule has 0 aliphatic carbocycles. The van der Waals surface area contributed by atoms with E-state index in [1.165, 1.54) is 28.2 Å². The number of rotatable bonds is 7. The quantitative estimate of drug-likeness (QED) is 0.603. The predicted molar refractivity (Wildman–Crippen MR) is 117 cm³/mol. The number of amides is 1. The van der Waals surface area contributed by atoms with Crippen LogP contribution in [0.2, 0.25) is 0 Å². The molecule has 168 valence electrons. The highest BCUT2D eigenvalue weighted by Crippen LogP contribution is 2.34. The lowest BCUT2D eigenvalue weighted by Crippen LogP contribution is -2.44. The lowest BCUT2D eigenvalue weighted by Gasteiger charge is -2.38. The number of nitrogens with zero attached hydrogens (tertiary/aromatic N) is 4. The van der Waals surface area contributed by atoms with Crippen LogP contribution in [0.1, 0.15) is 36.2 Å². The fourth-order valence-corrected chi connectivity index (χ4v) is 3.98. The summed E-state index contributed by atoms with van der Waals surface area (Å²) in [6.45, 7) is 5.83. The van der Waals surface area contributed by atoms with E-state index in [0.717, 1.165) is 12.8 Å². The van der Waals surface area contributed by atoms with Crippen molar-refractivity contribution >= 4 is 5.91 Å². The second kappa shape index (κ2) is 9.44. The number of ether oxygens (including phenoxy) is 1. The van der Waals surface area contributed by atoms with Crippen molar-refractivity contribution < 1.29 is 14.1 Å². The number of carbonyl (C=O) groups excluding carboxylic acids is 1. The number of nitrogens with one attached hydrogen (secondary N) is 1. The smallest absolute Gasteiger partial charge is 0.266 e. The summed E-state index contributed by atoms with van der Waals surface area (Å²) in [4.78, 5) is 33.5. The van der Waals surface area contributed by atoms with Crippen LogP contribution in [0.25, 0.3) is 11.5 Å². The largest absolute Gasteiger partial charge is 0.381 e. The summed E-state index contributed by atoms with van der Waals surface area (Å²) in [5.74, 6) is 0.442. The summed E-state index contributed by atoms with van der Waals surface area (Å²) in [6.07, 6.45) is 4.67. The van der Waals surface area contributed by atoms with Crippen molar-refractivity contribution in [2.45, 2.75) is 45.1 Å². The molecule has 1 fully saturated rings. The van der Waals surface area contributed by atoms with Crippen molar-refractivity contribution in [1.29, 1.82) is 0 Å². The standard InChI is InChI=1S/C23H27N5O4/c1-16-3-5-18(6-4-16)23(8-11-31-12-9-23)14-25-20(29)7-10-28-15-24-13-19(22(28)30)21-26-17(2)27-32-21/h3-6,13,15H,7-12,14H2,1-2H3,(H,25,29). The zero-order valence-corrected chi connectivity index (χ0v) is 18.3. The molecule has 0 bridgehead atoms. The third kappa shape index (κ3) is 4.77. The number of carbonyl (C=O) groups is 1. The summed E-state index contributed by atoms with van der Waals surface area (Å²) < 4.78 is 12.0. The maximum atomic E-state index is 12.7. The minimum Gasteiger partial charge on any atom is -0.381 e. The van der Waals surface area contributed by atoms with E-state index in [9.17, 15) is 9.59 Å². The van der Waals surface area contributed by atoms with E-state index >= 15 is 0 Å². The molecule has 3 heterocycles. The molecule has 2 aromatic heterocycles. The molecule has 4 rings (SSSR count). The maximum absolute atomic E-state index is 12.7. The number of aromatic nitrogens is 4. The van der Waals surface area contributed by atoms with E-state index in [4.69, 9.17) is 9.26 Å². The SMILES string of the molecule is Cc1ccc(C2(CNC(=O)CCn3cncc(-c4nc(C)no4)c3=O)CCOCC2)cc1. The van der Waals surface area contributed by atoms with Crippen molar-refractivity contribution in [3.05, 3.63) is 64.1 Å². The first-order valence-electron chi connectivity index (χ1n) is 10.7. The van der Waals surface area contributed by atoms with E-state index in [2.05, 4.69) is 51.6 Å². The minimum atomic E-state index is -0.322. The van der Waals surface area contributed by atoms with Crippen LogP contribution in [0, 0.1) is 13.8 Å². The Balaban J connectivity index is 1.40. The van der Waals surface area contributed by atoms with Crippen LogP contribution < -0.4 is 10.9 Å². The van der Waals surface area contributed by atoms with Gasteiger partial charge in [0, 0.05) is 44.3 Å². The molecule has 0 radical (unpaired) electrons. The van der Waals surface area contributed by atoms with E-state index in [1.807, 2.05) is 0 Å². The number of hydrogen-bond donors (Lipinski definition) is 1. The van der Waals surface area contributed by atoms with Gasteiger partial charge in [-0.3, -0.25) is 14.2 Å². The molecule has 0 spiro atoms. The third-order valence-electron chi connectivity index (χ3n) is 5.98. The van der Waals surface area contributed by atoms with Gasteiger partial charge < -0.3 is 14.6 Å². The van der Waals surface area contributed by atoms with Gasteiger partial charge in [0.2, 0.25) is 5.91 Å². The second-order valence-electron chi connectivity index (χ2n) is 8.24. The van der Waals surface area contributed by atoms with Gasteiger partial charge in [0.05, 0.1) is 6.33 Å². The van der Waals surface area contributed by atoms with Gasteiger partial charge in [-0.2, -0.15) is 4.98 Å². The number of benzene rings is 1. The lowest BCUT2D eigenvalue weighted by atomic mass is 9.74. The third-order valence-corrected chi connectivity index (χ3v) is 5.98. The first kappa shape index (κ1) is 21.9. The highest BCUT2D eigenvalue weighted by molar-refractivity contribution is 5.76. The Morgan fingerprint density at radius 2 is 1.94 bits per heavy atom. The first-order chi connectivity index (χ1) is 15.5. The normalized spacial score (nSPS) is 15.4. The van der Waals surface area contributed by atoms with Crippen molar-refractivity contribution in [3.8, 4) is 11.5 Å². The highest BCUT2D eigenvalue weighted by Gasteiger charge is 2.34. The Labute approximate surface area is 185 Å². The summed E-state index contributed by atoms with van der Waals surface area (Å²) in [5.41, 5.74) is 2.17. The molecule has 0 unspecified atom stereocenters. The monoisotopic (exact) mass is 437 g/mol. The van der Waals surface area contributed by atoms with Crippen LogP contribution >= 0.6 is 0 Å². The molecular weight excluding hydrogens is 410 g/mol. The van der Waals surface area contributed by atoms with Gasteiger partial charge in [-0.05, 0) is 32.3 Å². The molecule has 1 saturated heterocycles. The molecule has 0 saturated carbocycles. The molecule has 9 nitrogen and oxygen atoms in total. The molecule has 1 aliphatic heterocycles. The van der Waals surface area contributed by atoms with Gasteiger partial charge in [-0.1, -0.05) is 35.0 Å². The first-order valence-corrected chi connectivity index (χ1v) is 10.7. The summed E-state index contributed by atoms with van der Waals surface area (Å²) in [5, 5.41) is 6.78. The molecule has 0 atom stereocenters. The molecule has 1 N–H and O–H groups in total. The number of aryl methyl sites for hydroxylation is 3. The van der Waals surface area contributed by atoms with Crippen LogP contribution in [0.15, 0.2) is 46.1 Å². The maximum Gasteiger partial charge on any atom is 0.266 e. The topological polar surface area (TPSA) is 112 Å². The van der Waals surface area contributed by atoms with Crippen LogP contribution in [0.4, 0.5) is 0 Å². The van der Waals surface area contributed by atoms with E-state index in [1.54, 1.807) is 6.92 Å².